The molecule has 10 heteroatoms. The van der Waals surface area contributed by atoms with E-state index in [9.17, 15) is 23.5 Å². The van der Waals surface area contributed by atoms with Crippen LogP contribution in [0.15, 0.2) is 27.5 Å². The third-order valence-corrected chi connectivity index (χ3v) is 5.07. The molecule has 0 saturated heterocycles. The van der Waals surface area contributed by atoms with E-state index >= 15 is 0 Å². The lowest BCUT2D eigenvalue weighted by molar-refractivity contribution is 0.0695. The fraction of sp³-hybridized carbons (Fsp3) is 0.368. The number of rotatable bonds is 5. The number of benzene rings is 1. The number of carbonyl (C=O) groups is 1. The molecule has 0 bridgehead atoms. The van der Waals surface area contributed by atoms with E-state index in [1.165, 1.54) is 25.0 Å². The summed E-state index contributed by atoms with van der Waals surface area (Å²) in [6.45, 7) is 0.276. The number of aromatic nitrogens is 1. The summed E-state index contributed by atoms with van der Waals surface area (Å²) >= 11 is 3.10. The molecule has 2 aromatic rings. The normalized spacial score (nSPS) is 14.8. The zero-order valence-corrected chi connectivity index (χ0v) is 17.2. The maximum Gasteiger partial charge on any atom is 0.339 e. The van der Waals surface area contributed by atoms with Crippen molar-refractivity contribution in [2.45, 2.75) is 38.3 Å². The minimum absolute atomic E-state index is 0.114. The summed E-state index contributed by atoms with van der Waals surface area (Å²) in [6, 6.07) is 4.68. The third-order valence-electron chi connectivity index (χ3n) is 4.58. The van der Waals surface area contributed by atoms with E-state index < -0.39 is 28.9 Å². The predicted octanol–water partition coefficient (Wildman–Crippen LogP) is 3.58. The Morgan fingerprint density at radius 2 is 2.07 bits per heavy atom. The maximum absolute atomic E-state index is 14.4. The van der Waals surface area contributed by atoms with Gasteiger partial charge in [-0.1, -0.05) is 15.9 Å². The van der Waals surface area contributed by atoms with Gasteiger partial charge >= 0.3 is 5.97 Å². The number of fused-ring (bicyclic) bond motifs is 1. The van der Waals surface area contributed by atoms with Gasteiger partial charge in [-0.05, 0) is 43.9 Å². The highest BCUT2D eigenvalue weighted by Gasteiger charge is 2.29. The molecule has 0 amide bonds. The second-order valence-corrected chi connectivity index (χ2v) is 7.64. The van der Waals surface area contributed by atoms with Crippen LogP contribution in [0.2, 0.25) is 0 Å². The van der Waals surface area contributed by atoms with Gasteiger partial charge in [-0.15, -0.1) is 0 Å². The molecule has 29 heavy (non-hydrogen) atoms. The van der Waals surface area contributed by atoms with E-state index in [2.05, 4.69) is 31.6 Å². The molecular weight excluding hydrogens is 452 g/mol. The van der Waals surface area contributed by atoms with E-state index in [0.717, 1.165) is 10.6 Å². The van der Waals surface area contributed by atoms with Crippen molar-refractivity contribution in [1.82, 2.24) is 10.0 Å². The van der Waals surface area contributed by atoms with Crippen LogP contribution in [-0.4, -0.2) is 28.8 Å². The second-order valence-electron chi connectivity index (χ2n) is 6.72. The number of nitrogens with one attached hydrogen (secondary N) is 2. The molecule has 2 aliphatic rings. The number of hydrogen-bond donors (Lipinski definition) is 3. The van der Waals surface area contributed by atoms with Crippen molar-refractivity contribution >= 4 is 33.3 Å². The lowest BCUT2D eigenvalue weighted by atomic mass is 10.1. The monoisotopic (exact) mass is 471 g/mol. The van der Waals surface area contributed by atoms with Gasteiger partial charge in [0.2, 0.25) is 5.82 Å². The van der Waals surface area contributed by atoms with Crippen LogP contribution in [0, 0.1) is 11.6 Å². The Morgan fingerprint density at radius 1 is 1.34 bits per heavy atom. The number of nitrogens with zero attached hydrogens (tertiary/aromatic N) is 1. The van der Waals surface area contributed by atoms with Gasteiger partial charge in [-0.3, -0.25) is 4.79 Å². The lowest BCUT2D eigenvalue weighted by Crippen LogP contribution is -2.27. The third kappa shape index (κ3) is 4.82. The number of halogens is 3. The minimum atomic E-state index is -1.37. The van der Waals surface area contributed by atoms with Crippen molar-refractivity contribution in [3.8, 4) is 0 Å². The molecular formula is C19H20BrF2N3O4. The molecule has 1 aromatic carbocycles. The zero-order chi connectivity index (χ0) is 21.1. The van der Waals surface area contributed by atoms with Crippen LogP contribution in [0.25, 0.3) is 0 Å². The second kappa shape index (κ2) is 9.02. The van der Waals surface area contributed by atoms with Crippen LogP contribution in [0.1, 0.15) is 35.3 Å². The van der Waals surface area contributed by atoms with Gasteiger partial charge in [0.1, 0.15) is 11.4 Å². The highest BCUT2D eigenvalue weighted by molar-refractivity contribution is 9.10. The van der Waals surface area contributed by atoms with Crippen molar-refractivity contribution in [1.29, 1.82) is 0 Å². The highest BCUT2D eigenvalue weighted by atomic mass is 79.9. The predicted molar refractivity (Wildman–Crippen MR) is 106 cm³/mol. The largest absolute Gasteiger partial charge is 0.478 e. The molecule has 7 nitrogen and oxygen atoms in total. The Labute approximate surface area is 173 Å². The van der Waals surface area contributed by atoms with Crippen molar-refractivity contribution in [3.63, 3.8) is 0 Å². The summed E-state index contributed by atoms with van der Waals surface area (Å²) in [5.41, 5.74) is 1.22. The first-order valence-electron chi connectivity index (χ1n) is 9.02. The minimum Gasteiger partial charge on any atom is -0.478 e. The summed E-state index contributed by atoms with van der Waals surface area (Å²) < 4.78 is 29.9. The number of aromatic carboxylic acids is 1. The molecule has 3 N–H and O–H groups in total. The molecule has 0 unspecified atom stereocenters. The summed E-state index contributed by atoms with van der Waals surface area (Å²) in [6.07, 6.45) is 3.49. The van der Waals surface area contributed by atoms with Crippen molar-refractivity contribution in [2.24, 2.45) is 0 Å². The molecule has 0 radical (unpaired) electrons. The number of hydroxylamine groups is 1. The smallest absolute Gasteiger partial charge is 0.339 e. The van der Waals surface area contributed by atoms with Gasteiger partial charge < -0.3 is 19.8 Å². The molecule has 1 fully saturated rings. The number of carboxylic acid groups (broad SMARTS) is 1. The molecule has 1 aliphatic carbocycles. The fourth-order valence-corrected chi connectivity index (χ4v) is 3.41. The van der Waals surface area contributed by atoms with Crippen LogP contribution in [0.5, 0.6) is 0 Å². The molecule has 1 saturated carbocycles. The Kier molecular flexibility index (Phi) is 6.66. The first-order valence-corrected chi connectivity index (χ1v) is 9.81. The van der Waals surface area contributed by atoms with Gasteiger partial charge in [-0.25, -0.2) is 9.18 Å². The van der Waals surface area contributed by atoms with E-state index in [-0.39, 0.29) is 23.5 Å². The van der Waals surface area contributed by atoms with Crippen molar-refractivity contribution in [2.75, 3.05) is 12.4 Å². The Balaban J connectivity index is 0.000000343. The fourth-order valence-electron chi connectivity index (χ4n) is 3.08. The summed E-state index contributed by atoms with van der Waals surface area (Å²) in [7, 11) is 1.65. The molecule has 4 rings (SSSR count). The first kappa shape index (κ1) is 21.4. The van der Waals surface area contributed by atoms with Gasteiger partial charge in [-0.2, -0.15) is 9.87 Å². The quantitative estimate of drug-likeness (QED) is 0.577. The Hall–Kier alpha value is -2.30. The molecule has 0 spiro atoms. The molecule has 0 atom stereocenters. The van der Waals surface area contributed by atoms with Crippen LogP contribution < -0.4 is 16.4 Å². The Morgan fingerprint density at radius 3 is 2.62 bits per heavy atom. The first-order chi connectivity index (χ1) is 13.8. The van der Waals surface area contributed by atoms with Crippen LogP contribution >= 0.6 is 15.9 Å². The number of carboxylic acids is 1. The number of hydrogen-bond acceptors (Lipinski definition) is 5. The molecule has 2 heterocycles. The SMILES string of the molecule is CONC1CC1.O=C(O)c1c(Nc2ccc(Br)cc2F)c(F)c(=O)n2c1CCC2. The Bertz CT molecular complexity index is 992. The average Bonchev–Trinajstić information content (AvgIpc) is 3.35. The number of pyridine rings is 1. The highest BCUT2D eigenvalue weighted by Crippen LogP contribution is 2.30. The van der Waals surface area contributed by atoms with Gasteiger partial charge in [0.15, 0.2) is 0 Å². The van der Waals surface area contributed by atoms with Crippen molar-refractivity contribution in [3.05, 3.63) is 55.9 Å². The van der Waals surface area contributed by atoms with Crippen LogP contribution in [0.4, 0.5) is 20.2 Å². The van der Waals surface area contributed by atoms with E-state index in [1.54, 1.807) is 7.11 Å². The summed E-state index contributed by atoms with van der Waals surface area (Å²) in [4.78, 5) is 28.2. The number of anilines is 2. The van der Waals surface area contributed by atoms with Gasteiger partial charge in [0, 0.05) is 22.8 Å². The molecule has 1 aromatic heterocycles. The maximum atomic E-state index is 14.4. The van der Waals surface area contributed by atoms with Crippen LogP contribution in [0.3, 0.4) is 0 Å². The lowest BCUT2D eigenvalue weighted by Gasteiger charge is -2.15. The molecule has 156 valence electrons. The van der Waals surface area contributed by atoms with E-state index in [4.69, 9.17) is 0 Å². The van der Waals surface area contributed by atoms with Crippen LogP contribution in [-0.2, 0) is 17.8 Å². The summed E-state index contributed by atoms with van der Waals surface area (Å²) in [5, 5.41) is 11.8. The zero-order valence-electron chi connectivity index (χ0n) is 15.6. The standard InChI is InChI=1S/C15H11BrF2N2O3.C4H9NO/c16-7-3-4-9(8(17)6-7)19-13-11(15(22)23)10-2-1-5-20(10)14(21)12(13)18;1-6-5-4-2-3-4/h3-4,6,19H,1-2,5H2,(H,22,23);4-5H,2-3H2,1H3. The summed E-state index contributed by atoms with van der Waals surface area (Å²) in [5.74, 6) is -3.29. The molecule has 1 aliphatic heterocycles. The van der Waals surface area contributed by atoms with Gasteiger partial charge in [0.25, 0.3) is 5.56 Å². The van der Waals surface area contributed by atoms with Gasteiger partial charge in [0.05, 0.1) is 18.5 Å². The van der Waals surface area contributed by atoms with Crippen molar-refractivity contribution < 1.29 is 23.5 Å². The average molecular weight is 472 g/mol. The van der Waals surface area contributed by atoms with E-state index in [1.807, 2.05) is 0 Å². The van der Waals surface area contributed by atoms with E-state index in [0.29, 0.717) is 23.4 Å². The topological polar surface area (TPSA) is 92.6 Å².